The molecule has 0 bridgehead atoms. The molecule has 2 aromatic carbocycles. The van der Waals surface area contributed by atoms with Gasteiger partial charge in [-0.2, -0.15) is 0 Å². The van der Waals surface area contributed by atoms with Crippen LogP contribution in [0.25, 0.3) is 6.08 Å². The summed E-state index contributed by atoms with van der Waals surface area (Å²) in [6.45, 7) is 4.42. The first-order valence-electron chi connectivity index (χ1n) is 9.18. The Morgan fingerprint density at radius 1 is 1.32 bits per heavy atom. The smallest absolute Gasteiger partial charge is 0.255 e. The number of phenols is 1. The fraction of sp³-hybridized carbons (Fsp3) is 0.273. The number of likely N-dealkylation sites (tertiary alicyclic amines) is 1. The van der Waals surface area contributed by atoms with Crippen molar-refractivity contribution in [2.75, 3.05) is 13.2 Å². The van der Waals surface area contributed by atoms with Gasteiger partial charge in [-0.1, -0.05) is 18.7 Å². The van der Waals surface area contributed by atoms with Crippen LogP contribution in [0, 0.1) is 5.82 Å². The van der Waals surface area contributed by atoms with Crippen LogP contribution >= 0.6 is 0 Å². The van der Waals surface area contributed by atoms with Gasteiger partial charge in [-0.3, -0.25) is 9.59 Å². The molecular formula is C22H22FNO4. The average Bonchev–Trinajstić information content (AvgIpc) is 2.72. The number of aromatic hydroxyl groups is 1. The van der Waals surface area contributed by atoms with Gasteiger partial charge in [0.2, 0.25) is 0 Å². The molecule has 1 N–H and O–H groups in total. The van der Waals surface area contributed by atoms with Crippen LogP contribution in [0.5, 0.6) is 11.5 Å². The van der Waals surface area contributed by atoms with Crippen LogP contribution in [-0.4, -0.2) is 41.4 Å². The molecule has 6 heteroatoms. The molecule has 1 atom stereocenters. The minimum absolute atomic E-state index is 0.0611. The molecule has 146 valence electrons. The zero-order valence-electron chi connectivity index (χ0n) is 15.4. The summed E-state index contributed by atoms with van der Waals surface area (Å²) in [4.78, 5) is 25.9. The molecule has 0 spiro atoms. The third kappa shape index (κ3) is 4.06. The van der Waals surface area contributed by atoms with Gasteiger partial charge < -0.3 is 14.7 Å². The molecule has 1 saturated heterocycles. The molecular weight excluding hydrogens is 361 g/mol. The number of hydrogen-bond acceptors (Lipinski definition) is 4. The lowest BCUT2D eigenvalue weighted by Gasteiger charge is -2.36. The lowest BCUT2D eigenvalue weighted by atomic mass is 9.99. The Morgan fingerprint density at radius 3 is 2.89 bits per heavy atom. The number of hydrogen-bond donors (Lipinski definition) is 1. The third-order valence-electron chi connectivity index (χ3n) is 4.94. The zero-order valence-corrected chi connectivity index (χ0v) is 15.4. The van der Waals surface area contributed by atoms with E-state index in [9.17, 15) is 19.1 Å². The van der Waals surface area contributed by atoms with Gasteiger partial charge in [0, 0.05) is 12.1 Å². The Kier molecular flexibility index (Phi) is 6.09. The molecule has 1 heterocycles. The summed E-state index contributed by atoms with van der Waals surface area (Å²) >= 11 is 0. The lowest BCUT2D eigenvalue weighted by molar-refractivity contribution is 0.0526. The summed E-state index contributed by atoms with van der Waals surface area (Å²) in [6, 6.07) is 8.30. The Balaban J connectivity index is 1.81. The van der Waals surface area contributed by atoms with E-state index < -0.39 is 5.82 Å². The molecule has 0 aromatic heterocycles. The van der Waals surface area contributed by atoms with E-state index in [2.05, 4.69) is 6.58 Å². The van der Waals surface area contributed by atoms with E-state index in [0.29, 0.717) is 24.1 Å². The van der Waals surface area contributed by atoms with Gasteiger partial charge in [0.05, 0.1) is 17.2 Å². The number of piperidine rings is 1. The molecule has 0 saturated carbocycles. The second-order valence-electron chi connectivity index (χ2n) is 6.70. The fourth-order valence-electron chi connectivity index (χ4n) is 3.46. The van der Waals surface area contributed by atoms with Crippen LogP contribution in [0.3, 0.4) is 0 Å². The van der Waals surface area contributed by atoms with Crippen LogP contribution < -0.4 is 4.74 Å². The number of benzene rings is 2. The maximum atomic E-state index is 13.7. The first kappa shape index (κ1) is 19.6. The van der Waals surface area contributed by atoms with Crippen molar-refractivity contribution in [3.8, 4) is 11.5 Å². The molecule has 2 aromatic rings. The minimum Gasteiger partial charge on any atom is -0.507 e. The molecule has 1 amide bonds. The SMILES string of the molecule is C=Cc1c(O)cccc1OC[C@@H]1CCCCN1C(=O)c1cc(F)ccc1C=O. The maximum Gasteiger partial charge on any atom is 0.255 e. The monoisotopic (exact) mass is 383 g/mol. The summed E-state index contributed by atoms with van der Waals surface area (Å²) in [5.41, 5.74) is 0.717. The van der Waals surface area contributed by atoms with E-state index in [4.69, 9.17) is 4.74 Å². The zero-order chi connectivity index (χ0) is 20.1. The predicted octanol–water partition coefficient (Wildman–Crippen LogP) is 4.06. The number of rotatable bonds is 6. The van der Waals surface area contributed by atoms with Crippen molar-refractivity contribution in [1.29, 1.82) is 0 Å². The highest BCUT2D eigenvalue weighted by Gasteiger charge is 2.29. The summed E-state index contributed by atoms with van der Waals surface area (Å²) in [6.07, 6.45) is 4.58. The molecule has 3 rings (SSSR count). The Bertz CT molecular complexity index is 896. The van der Waals surface area contributed by atoms with E-state index in [1.165, 1.54) is 12.1 Å². The fourth-order valence-corrected chi connectivity index (χ4v) is 3.46. The molecule has 0 radical (unpaired) electrons. The van der Waals surface area contributed by atoms with E-state index in [1.807, 2.05) is 0 Å². The van der Waals surface area contributed by atoms with E-state index >= 15 is 0 Å². The van der Waals surface area contributed by atoms with Crippen molar-refractivity contribution in [3.05, 3.63) is 65.5 Å². The Labute approximate surface area is 163 Å². The quantitative estimate of drug-likeness (QED) is 0.764. The van der Waals surface area contributed by atoms with Crippen molar-refractivity contribution in [1.82, 2.24) is 4.90 Å². The minimum atomic E-state index is -0.561. The van der Waals surface area contributed by atoms with Crippen LogP contribution in [0.15, 0.2) is 43.0 Å². The Morgan fingerprint density at radius 2 is 2.14 bits per heavy atom. The first-order chi connectivity index (χ1) is 13.5. The molecule has 0 aliphatic carbocycles. The summed E-state index contributed by atoms with van der Waals surface area (Å²) in [5, 5.41) is 9.92. The first-order valence-corrected chi connectivity index (χ1v) is 9.18. The van der Waals surface area contributed by atoms with E-state index in [-0.39, 0.29) is 35.4 Å². The second kappa shape index (κ2) is 8.69. The van der Waals surface area contributed by atoms with Gasteiger partial charge in [0.1, 0.15) is 23.9 Å². The van der Waals surface area contributed by atoms with Crippen LogP contribution in [-0.2, 0) is 0 Å². The second-order valence-corrected chi connectivity index (χ2v) is 6.70. The van der Waals surface area contributed by atoms with E-state index in [0.717, 1.165) is 31.4 Å². The average molecular weight is 383 g/mol. The van der Waals surface area contributed by atoms with Gasteiger partial charge >= 0.3 is 0 Å². The van der Waals surface area contributed by atoms with Crippen LogP contribution in [0.2, 0.25) is 0 Å². The standard InChI is InChI=1S/C22H22FNO4/c1-2-18-20(26)7-5-8-21(18)28-14-17-6-3-4-11-24(17)22(27)19-12-16(23)10-9-15(19)13-25/h2,5,7-10,12-13,17,26H,1,3-4,6,11,14H2/t17-/m0/s1. The molecule has 0 unspecified atom stereocenters. The highest BCUT2D eigenvalue weighted by Crippen LogP contribution is 2.29. The maximum absolute atomic E-state index is 13.7. The lowest BCUT2D eigenvalue weighted by Crippen LogP contribution is -2.47. The van der Waals surface area contributed by atoms with Crippen molar-refractivity contribution in [2.24, 2.45) is 0 Å². The summed E-state index contributed by atoms with van der Waals surface area (Å²) in [5.74, 6) is -0.393. The number of aldehydes is 1. The highest BCUT2D eigenvalue weighted by atomic mass is 19.1. The highest BCUT2D eigenvalue weighted by molar-refractivity contribution is 6.01. The van der Waals surface area contributed by atoms with E-state index in [1.54, 1.807) is 23.1 Å². The van der Waals surface area contributed by atoms with Crippen molar-refractivity contribution >= 4 is 18.3 Å². The van der Waals surface area contributed by atoms with Crippen molar-refractivity contribution < 1.29 is 23.8 Å². The van der Waals surface area contributed by atoms with Gasteiger partial charge in [-0.25, -0.2) is 4.39 Å². The largest absolute Gasteiger partial charge is 0.507 e. The number of amides is 1. The van der Waals surface area contributed by atoms with Crippen LogP contribution in [0.1, 0.15) is 45.5 Å². The predicted molar refractivity (Wildman–Crippen MR) is 104 cm³/mol. The van der Waals surface area contributed by atoms with Crippen molar-refractivity contribution in [3.63, 3.8) is 0 Å². The summed E-state index contributed by atoms with van der Waals surface area (Å²) < 4.78 is 19.5. The summed E-state index contributed by atoms with van der Waals surface area (Å²) in [7, 11) is 0. The third-order valence-corrected chi connectivity index (χ3v) is 4.94. The number of carbonyl (C=O) groups is 2. The number of carbonyl (C=O) groups excluding carboxylic acids is 2. The van der Waals surface area contributed by atoms with Gasteiger partial charge in [0.25, 0.3) is 5.91 Å². The van der Waals surface area contributed by atoms with Crippen LogP contribution in [0.4, 0.5) is 4.39 Å². The molecule has 5 nitrogen and oxygen atoms in total. The van der Waals surface area contributed by atoms with Gasteiger partial charge in [-0.15, -0.1) is 0 Å². The number of nitrogens with zero attached hydrogens (tertiary/aromatic N) is 1. The molecule has 1 fully saturated rings. The number of halogens is 1. The van der Waals surface area contributed by atoms with Crippen molar-refractivity contribution in [2.45, 2.75) is 25.3 Å². The van der Waals surface area contributed by atoms with Gasteiger partial charge in [-0.05, 0) is 49.6 Å². The molecule has 1 aliphatic rings. The number of phenolic OH excluding ortho intramolecular Hbond substituents is 1. The normalized spacial score (nSPS) is 16.5. The van der Waals surface area contributed by atoms with Gasteiger partial charge in [0.15, 0.2) is 6.29 Å². The Hall–Kier alpha value is -3.15. The topological polar surface area (TPSA) is 66.8 Å². The molecule has 28 heavy (non-hydrogen) atoms. The molecule has 1 aliphatic heterocycles. The number of ether oxygens (including phenoxy) is 1.